The van der Waals surface area contributed by atoms with E-state index in [1.807, 2.05) is 0 Å². The molecule has 74 valence electrons. The van der Waals surface area contributed by atoms with Crippen LogP contribution in [0.1, 0.15) is 20.3 Å². The van der Waals surface area contributed by atoms with E-state index in [0.717, 1.165) is 0 Å². The lowest BCUT2D eigenvalue weighted by Gasteiger charge is -2.14. The molecule has 4 nitrogen and oxygen atoms in total. The number of esters is 1. The summed E-state index contributed by atoms with van der Waals surface area (Å²) in [6, 6.07) is 0. The summed E-state index contributed by atoms with van der Waals surface area (Å²) in [6.45, 7) is 6.82. The van der Waals surface area contributed by atoms with Crippen LogP contribution < -0.4 is 0 Å². The van der Waals surface area contributed by atoms with Gasteiger partial charge in [0.15, 0.2) is 5.79 Å². The summed E-state index contributed by atoms with van der Waals surface area (Å²) >= 11 is 0. The standard InChI is InChI=1S/C9H14O4/c1-6(2)8(10)13-7-4-9(3,11)12-5-7/h7,11H,1,4-5H2,2-3H3. The molecule has 0 bridgehead atoms. The van der Waals surface area contributed by atoms with Crippen LogP contribution in [0.4, 0.5) is 0 Å². The van der Waals surface area contributed by atoms with Crippen molar-refractivity contribution >= 4 is 5.97 Å². The number of ether oxygens (including phenoxy) is 2. The molecule has 2 unspecified atom stereocenters. The third-order valence-corrected chi connectivity index (χ3v) is 1.81. The van der Waals surface area contributed by atoms with Gasteiger partial charge in [-0.05, 0) is 13.8 Å². The van der Waals surface area contributed by atoms with E-state index in [1.54, 1.807) is 13.8 Å². The highest BCUT2D eigenvalue weighted by Crippen LogP contribution is 2.24. The number of carbonyl (C=O) groups is 1. The molecule has 0 spiro atoms. The summed E-state index contributed by atoms with van der Waals surface area (Å²) in [6.07, 6.45) is -0.0503. The van der Waals surface area contributed by atoms with Crippen molar-refractivity contribution in [1.82, 2.24) is 0 Å². The molecule has 0 amide bonds. The molecule has 1 aliphatic rings. The smallest absolute Gasteiger partial charge is 0.333 e. The topological polar surface area (TPSA) is 55.8 Å². The van der Waals surface area contributed by atoms with E-state index < -0.39 is 11.8 Å². The largest absolute Gasteiger partial charge is 0.456 e. The van der Waals surface area contributed by atoms with Crippen LogP contribution in [0.25, 0.3) is 0 Å². The first-order chi connectivity index (χ1) is 5.91. The Kier molecular flexibility index (Phi) is 2.73. The number of aliphatic hydroxyl groups is 1. The van der Waals surface area contributed by atoms with Crippen molar-refractivity contribution in [2.45, 2.75) is 32.2 Å². The lowest BCUT2D eigenvalue weighted by atomic mass is 10.2. The summed E-state index contributed by atoms with van der Waals surface area (Å²) in [7, 11) is 0. The Labute approximate surface area is 77.1 Å². The van der Waals surface area contributed by atoms with Gasteiger partial charge in [-0.15, -0.1) is 0 Å². The van der Waals surface area contributed by atoms with Crippen LogP contribution in [0.3, 0.4) is 0 Å². The molecule has 0 saturated carbocycles. The molecule has 0 radical (unpaired) electrons. The summed E-state index contributed by atoms with van der Waals surface area (Å²) in [5, 5.41) is 9.38. The molecule has 0 aliphatic carbocycles. The fourth-order valence-corrected chi connectivity index (χ4v) is 1.14. The van der Waals surface area contributed by atoms with Gasteiger partial charge in [0.05, 0.1) is 6.61 Å². The molecule has 0 aromatic heterocycles. The minimum absolute atomic E-state index is 0.242. The van der Waals surface area contributed by atoms with Crippen molar-refractivity contribution in [1.29, 1.82) is 0 Å². The molecule has 1 N–H and O–H groups in total. The van der Waals surface area contributed by atoms with Crippen molar-refractivity contribution in [2.75, 3.05) is 6.61 Å². The molecule has 0 aromatic rings. The maximum absolute atomic E-state index is 11.1. The molecule has 1 rings (SSSR count). The first-order valence-electron chi connectivity index (χ1n) is 4.13. The summed E-state index contributed by atoms with van der Waals surface area (Å²) in [4.78, 5) is 11.1. The Morgan fingerprint density at radius 3 is 2.77 bits per heavy atom. The fourth-order valence-electron chi connectivity index (χ4n) is 1.14. The Bertz CT molecular complexity index is 232. The zero-order valence-corrected chi connectivity index (χ0v) is 7.87. The van der Waals surface area contributed by atoms with Gasteiger partial charge in [0.25, 0.3) is 0 Å². The third-order valence-electron chi connectivity index (χ3n) is 1.81. The second-order valence-corrected chi connectivity index (χ2v) is 3.50. The number of hydrogen-bond acceptors (Lipinski definition) is 4. The van der Waals surface area contributed by atoms with Crippen LogP contribution in [-0.2, 0) is 14.3 Å². The summed E-state index contributed by atoms with van der Waals surface area (Å²) in [5.41, 5.74) is 0.353. The number of rotatable bonds is 2. The Hall–Kier alpha value is -0.870. The van der Waals surface area contributed by atoms with Crippen LogP contribution in [0, 0.1) is 0 Å². The minimum Gasteiger partial charge on any atom is -0.456 e. The van der Waals surface area contributed by atoms with Gasteiger partial charge < -0.3 is 14.6 Å². The maximum atomic E-state index is 11.1. The van der Waals surface area contributed by atoms with Crippen LogP contribution in [0.15, 0.2) is 12.2 Å². The first kappa shape index (κ1) is 10.2. The average Bonchev–Trinajstić information content (AvgIpc) is 2.30. The highest BCUT2D eigenvalue weighted by molar-refractivity contribution is 5.87. The highest BCUT2D eigenvalue weighted by Gasteiger charge is 2.36. The molecular weight excluding hydrogens is 172 g/mol. The average molecular weight is 186 g/mol. The van der Waals surface area contributed by atoms with Gasteiger partial charge in [0.2, 0.25) is 0 Å². The minimum atomic E-state index is -1.17. The van der Waals surface area contributed by atoms with E-state index in [0.29, 0.717) is 12.0 Å². The van der Waals surface area contributed by atoms with Gasteiger partial charge >= 0.3 is 5.97 Å². The highest BCUT2D eigenvalue weighted by atomic mass is 16.7. The van der Waals surface area contributed by atoms with Gasteiger partial charge in [0.1, 0.15) is 6.10 Å². The molecule has 1 saturated heterocycles. The molecular formula is C9H14O4. The van der Waals surface area contributed by atoms with E-state index in [9.17, 15) is 9.90 Å². The molecule has 4 heteroatoms. The quantitative estimate of drug-likeness (QED) is 0.507. The predicted molar refractivity (Wildman–Crippen MR) is 45.9 cm³/mol. The Morgan fingerprint density at radius 1 is 1.77 bits per heavy atom. The second-order valence-electron chi connectivity index (χ2n) is 3.50. The summed E-state index contributed by atoms with van der Waals surface area (Å²) < 4.78 is 9.97. The van der Waals surface area contributed by atoms with Gasteiger partial charge in [-0.25, -0.2) is 4.79 Å². The molecule has 13 heavy (non-hydrogen) atoms. The van der Waals surface area contributed by atoms with E-state index in [-0.39, 0.29) is 12.7 Å². The molecule has 2 atom stereocenters. The lowest BCUT2D eigenvalue weighted by molar-refractivity contribution is -0.155. The SMILES string of the molecule is C=C(C)C(=O)OC1COC(C)(O)C1. The van der Waals surface area contributed by atoms with Crippen molar-refractivity contribution in [3.05, 3.63) is 12.2 Å². The van der Waals surface area contributed by atoms with Crippen LogP contribution in [0.5, 0.6) is 0 Å². The fraction of sp³-hybridized carbons (Fsp3) is 0.667. The third kappa shape index (κ3) is 2.82. The summed E-state index contributed by atoms with van der Waals surface area (Å²) in [5.74, 6) is -1.61. The monoisotopic (exact) mass is 186 g/mol. The van der Waals surface area contributed by atoms with Gasteiger partial charge in [-0.1, -0.05) is 6.58 Å². The zero-order valence-electron chi connectivity index (χ0n) is 7.87. The van der Waals surface area contributed by atoms with Crippen molar-refractivity contribution in [3.63, 3.8) is 0 Å². The predicted octanol–water partition coefficient (Wildman–Crippen LogP) is 0.603. The molecule has 1 heterocycles. The Balaban J connectivity index is 2.41. The van der Waals surface area contributed by atoms with Crippen molar-refractivity contribution < 1.29 is 19.4 Å². The molecule has 1 fully saturated rings. The van der Waals surface area contributed by atoms with E-state index in [1.165, 1.54) is 0 Å². The molecule has 1 aliphatic heterocycles. The van der Waals surface area contributed by atoms with Crippen molar-refractivity contribution in [3.8, 4) is 0 Å². The molecule has 0 aromatic carbocycles. The second kappa shape index (κ2) is 3.47. The van der Waals surface area contributed by atoms with E-state index in [4.69, 9.17) is 9.47 Å². The van der Waals surface area contributed by atoms with Crippen molar-refractivity contribution in [2.24, 2.45) is 0 Å². The van der Waals surface area contributed by atoms with E-state index >= 15 is 0 Å². The first-order valence-corrected chi connectivity index (χ1v) is 4.13. The normalized spacial score (nSPS) is 33.0. The van der Waals surface area contributed by atoms with E-state index in [2.05, 4.69) is 6.58 Å². The number of carbonyl (C=O) groups excluding carboxylic acids is 1. The van der Waals surface area contributed by atoms with Crippen LogP contribution in [-0.4, -0.2) is 29.6 Å². The zero-order chi connectivity index (χ0) is 10.1. The lowest BCUT2D eigenvalue weighted by Crippen LogP contribution is -2.23. The van der Waals surface area contributed by atoms with Gasteiger partial charge in [-0.2, -0.15) is 0 Å². The maximum Gasteiger partial charge on any atom is 0.333 e. The van der Waals surface area contributed by atoms with Crippen LogP contribution in [0.2, 0.25) is 0 Å². The Morgan fingerprint density at radius 2 is 2.38 bits per heavy atom. The van der Waals surface area contributed by atoms with Gasteiger partial charge in [-0.3, -0.25) is 0 Å². The van der Waals surface area contributed by atoms with Gasteiger partial charge in [0, 0.05) is 12.0 Å². The number of hydrogen-bond donors (Lipinski definition) is 1. The van der Waals surface area contributed by atoms with Crippen LogP contribution >= 0.6 is 0 Å².